The van der Waals surface area contributed by atoms with Crippen molar-refractivity contribution in [2.24, 2.45) is 5.73 Å². The highest BCUT2D eigenvalue weighted by atomic mass is 32.2. The Morgan fingerprint density at radius 2 is 1.81 bits per heavy atom. The molecule has 7 heteroatoms. The average molecular weight is 391 g/mol. The van der Waals surface area contributed by atoms with Crippen molar-refractivity contribution in [1.82, 2.24) is 5.32 Å². The van der Waals surface area contributed by atoms with E-state index in [1.54, 1.807) is 43.5 Å². The van der Waals surface area contributed by atoms with E-state index in [1.165, 1.54) is 0 Å². The average Bonchev–Trinajstić information content (AvgIpc) is 2.64. The maximum absolute atomic E-state index is 12.4. The van der Waals surface area contributed by atoms with E-state index in [4.69, 9.17) is 10.5 Å². The number of carbonyl (C=O) groups excluding carboxylic acids is 1. The number of sulfone groups is 1. The second kappa shape index (κ2) is 9.01. The zero-order valence-corrected chi connectivity index (χ0v) is 16.6. The first-order valence-corrected chi connectivity index (χ1v) is 10.6. The van der Waals surface area contributed by atoms with Gasteiger partial charge in [-0.3, -0.25) is 4.79 Å². The lowest BCUT2D eigenvalue weighted by Gasteiger charge is -2.21. The summed E-state index contributed by atoms with van der Waals surface area (Å²) in [6.07, 6.45) is 2.04. The summed E-state index contributed by atoms with van der Waals surface area (Å²) in [5.41, 5.74) is 7.25. The Kier molecular flexibility index (Phi) is 6.98. The van der Waals surface area contributed by atoms with Crippen LogP contribution in [0.15, 0.2) is 53.4 Å². The predicted molar refractivity (Wildman–Crippen MR) is 105 cm³/mol. The Hall–Kier alpha value is -2.38. The smallest absolute Gasteiger partial charge is 0.220 e. The van der Waals surface area contributed by atoms with Crippen LogP contribution in [-0.2, 0) is 14.6 Å². The first-order chi connectivity index (χ1) is 12.7. The molecule has 0 aliphatic heterocycles. The van der Waals surface area contributed by atoms with Crippen LogP contribution in [0.3, 0.4) is 0 Å². The number of nitrogens with one attached hydrogen (secondary N) is 1. The van der Waals surface area contributed by atoms with Crippen molar-refractivity contribution in [1.29, 1.82) is 0 Å². The number of rotatable bonds is 8. The molecule has 0 aromatic heterocycles. The fraction of sp³-hybridized carbons (Fsp3) is 0.350. The molecule has 0 fully saturated rings. The third-order valence-corrected chi connectivity index (χ3v) is 5.31. The second-order valence-electron chi connectivity index (χ2n) is 6.63. The number of hydrogen-bond acceptors (Lipinski definition) is 5. The zero-order chi connectivity index (χ0) is 20.0. The Bertz CT molecular complexity index is 877. The number of carbonyl (C=O) groups is 1. The number of hydrogen-bond donors (Lipinski definition) is 2. The highest BCUT2D eigenvalue weighted by Gasteiger charge is 2.19. The van der Waals surface area contributed by atoms with E-state index in [0.29, 0.717) is 24.2 Å². The molecule has 0 bridgehead atoms. The van der Waals surface area contributed by atoms with Crippen LogP contribution < -0.4 is 15.8 Å². The zero-order valence-electron chi connectivity index (χ0n) is 15.8. The van der Waals surface area contributed by atoms with Gasteiger partial charge in [0, 0.05) is 18.7 Å². The van der Waals surface area contributed by atoms with Gasteiger partial charge in [-0.15, -0.1) is 0 Å². The van der Waals surface area contributed by atoms with E-state index in [-0.39, 0.29) is 16.8 Å². The van der Waals surface area contributed by atoms with Gasteiger partial charge in [0.05, 0.1) is 18.0 Å². The van der Waals surface area contributed by atoms with Crippen molar-refractivity contribution in [2.75, 3.05) is 13.4 Å². The third-order valence-electron chi connectivity index (χ3n) is 4.20. The minimum absolute atomic E-state index is 0.0660. The Labute approximate surface area is 160 Å². The van der Waals surface area contributed by atoms with Gasteiger partial charge in [-0.25, -0.2) is 8.42 Å². The SMILES string of the molecule is COc1ccc(C(NC(=O)CCC(C)N)c2cccc(S(C)(=O)=O)c2)cc1. The molecule has 2 unspecified atom stereocenters. The fourth-order valence-corrected chi connectivity index (χ4v) is 3.35. The van der Waals surface area contributed by atoms with Crippen LogP contribution in [0.5, 0.6) is 5.75 Å². The molecule has 2 aromatic carbocycles. The van der Waals surface area contributed by atoms with Crippen molar-refractivity contribution in [2.45, 2.75) is 36.7 Å². The molecule has 1 amide bonds. The van der Waals surface area contributed by atoms with Crippen LogP contribution in [0.1, 0.15) is 36.9 Å². The monoisotopic (exact) mass is 390 g/mol. The van der Waals surface area contributed by atoms with E-state index < -0.39 is 15.9 Å². The topological polar surface area (TPSA) is 98.5 Å². The van der Waals surface area contributed by atoms with E-state index >= 15 is 0 Å². The van der Waals surface area contributed by atoms with Crippen LogP contribution in [0.4, 0.5) is 0 Å². The van der Waals surface area contributed by atoms with Gasteiger partial charge in [0.15, 0.2) is 9.84 Å². The lowest BCUT2D eigenvalue weighted by molar-refractivity contribution is -0.121. The largest absolute Gasteiger partial charge is 0.497 e. The molecule has 0 spiro atoms. The summed E-state index contributed by atoms with van der Waals surface area (Å²) in [6, 6.07) is 13.4. The molecular weight excluding hydrogens is 364 g/mol. The van der Waals surface area contributed by atoms with Crippen LogP contribution in [-0.4, -0.2) is 33.7 Å². The molecule has 0 saturated heterocycles. The normalized spacial score (nSPS) is 13.6. The number of benzene rings is 2. The molecule has 6 nitrogen and oxygen atoms in total. The summed E-state index contributed by atoms with van der Waals surface area (Å²) in [6.45, 7) is 1.85. The third kappa shape index (κ3) is 6.08. The molecule has 0 heterocycles. The van der Waals surface area contributed by atoms with Gasteiger partial charge in [-0.05, 0) is 48.7 Å². The fourth-order valence-electron chi connectivity index (χ4n) is 2.67. The van der Waals surface area contributed by atoms with Crippen molar-refractivity contribution in [3.63, 3.8) is 0 Å². The molecule has 27 heavy (non-hydrogen) atoms. The van der Waals surface area contributed by atoms with Gasteiger partial charge < -0.3 is 15.8 Å². The summed E-state index contributed by atoms with van der Waals surface area (Å²) >= 11 is 0. The molecule has 2 rings (SSSR count). The minimum Gasteiger partial charge on any atom is -0.497 e. The lowest BCUT2D eigenvalue weighted by atomic mass is 9.98. The van der Waals surface area contributed by atoms with Crippen LogP contribution in [0, 0.1) is 0 Å². The highest BCUT2D eigenvalue weighted by molar-refractivity contribution is 7.90. The molecule has 0 aliphatic carbocycles. The molecule has 2 aromatic rings. The molecule has 0 saturated carbocycles. The van der Waals surface area contributed by atoms with Gasteiger partial charge in [0.1, 0.15) is 5.75 Å². The van der Waals surface area contributed by atoms with E-state index in [2.05, 4.69) is 5.32 Å². The molecule has 2 atom stereocenters. The standard InChI is InChI=1S/C20H26N2O4S/c1-14(21)7-12-19(23)22-20(15-8-10-17(26-2)11-9-15)16-5-4-6-18(13-16)27(3,24)25/h4-6,8-11,13-14,20H,7,12,21H2,1-3H3,(H,22,23). The highest BCUT2D eigenvalue weighted by Crippen LogP contribution is 2.26. The molecule has 0 aliphatic rings. The Morgan fingerprint density at radius 1 is 1.15 bits per heavy atom. The molecule has 146 valence electrons. The van der Waals surface area contributed by atoms with Gasteiger partial charge in [-0.2, -0.15) is 0 Å². The van der Waals surface area contributed by atoms with E-state index in [1.807, 2.05) is 19.1 Å². The van der Waals surface area contributed by atoms with E-state index in [9.17, 15) is 13.2 Å². The van der Waals surface area contributed by atoms with E-state index in [0.717, 1.165) is 11.8 Å². The first kappa shape index (κ1) is 20.9. The lowest BCUT2D eigenvalue weighted by Crippen LogP contribution is -2.30. The van der Waals surface area contributed by atoms with Gasteiger partial charge >= 0.3 is 0 Å². The summed E-state index contributed by atoms with van der Waals surface area (Å²) in [5, 5.41) is 2.99. The maximum atomic E-state index is 12.4. The summed E-state index contributed by atoms with van der Waals surface area (Å²) in [4.78, 5) is 12.6. The van der Waals surface area contributed by atoms with Crippen molar-refractivity contribution >= 4 is 15.7 Å². The minimum atomic E-state index is -3.35. The van der Waals surface area contributed by atoms with Crippen LogP contribution >= 0.6 is 0 Å². The number of amides is 1. The van der Waals surface area contributed by atoms with Crippen molar-refractivity contribution < 1.29 is 17.9 Å². The molecule has 0 radical (unpaired) electrons. The summed E-state index contributed by atoms with van der Waals surface area (Å²) < 4.78 is 29.0. The number of ether oxygens (including phenoxy) is 1. The molecule has 3 N–H and O–H groups in total. The van der Waals surface area contributed by atoms with Crippen LogP contribution in [0.25, 0.3) is 0 Å². The quantitative estimate of drug-likeness (QED) is 0.721. The number of nitrogens with two attached hydrogens (primary N) is 1. The number of methoxy groups -OCH3 is 1. The van der Waals surface area contributed by atoms with Crippen molar-refractivity contribution in [3.05, 3.63) is 59.7 Å². The predicted octanol–water partition coefficient (Wildman–Crippen LogP) is 2.43. The Balaban J connectivity index is 2.38. The van der Waals surface area contributed by atoms with Crippen molar-refractivity contribution in [3.8, 4) is 5.75 Å². The Morgan fingerprint density at radius 3 is 2.37 bits per heavy atom. The maximum Gasteiger partial charge on any atom is 0.220 e. The first-order valence-electron chi connectivity index (χ1n) is 8.69. The van der Waals surface area contributed by atoms with Crippen LogP contribution in [0.2, 0.25) is 0 Å². The summed E-state index contributed by atoms with van der Waals surface area (Å²) in [7, 11) is -1.77. The van der Waals surface area contributed by atoms with Gasteiger partial charge in [0.25, 0.3) is 0 Å². The van der Waals surface area contributed by atoms with Gasteiger partial charge in [0.2, 0.25) is 5.91 Å². The molecular formula is C20H26N2O4S. The van der Waals surface area contributed by atoms with Gasteiger partial charge in [-0.1, -0.05) is 24.3 Å². The summed E-state index contributed by atoms with van der Waals surface area (Å²) in [5.74, 6) is 0.559. The second-order valence-corrected chi connectivity index (χ2v) is 8.65.